The average molecular weight is 618 g/mol. The van der Waals surface area contributed by atoms with Crippen molar-refractivity contribution in [2.45, 2.75) is 56.6 Å². The number of aliphatic carboxylic acids is 1. The molecule has 4 rings (SSSR count). The minimum absolute atomic E-state index is 0.104. The fourth-order valence-corrected chi connectivity index (χ4v) is 5.63. The maximum Gasteiger partial charge on any atom is 0.328 e. The zero-order chi connectivity index (χ0) is 25.9. The molecule has 0 radical (unpaired) electrons. The van der Waals surface area contributed by atoms with Gasteiger partial charge >= 0.3 is 12.0 Å². The number of carbonyl (C=O) groups excluding carboxylic acids is 2. The molecule has 3 amide bonds. The number of nitrogen functional groups attached to an aromatic ring is 1. The van der Waals surface area contributed by atoms with Gasteiger partial charge in [0.25, 0.3) is 5.91 Å². The first-order chi connectivity index (χ1) is 16.5. The highest BCUT2D eigenvalue weighted by Crippen LogP contribution is 2.29. The number of imide groups is 1. The molecule has 0 bridgehead atoms. The number of carboxylic acid groups (broad SMARTS) is 1. The van der Waals surface area contributed by atoms with E-state index in [-0.39, 0.29) is 12.6 Å². The van der Waals surface area contributed by atoms with Crippen molar-refractivity contribution < 1.29 is 24.6 Å². The number of hydrogen-bond acceptors (Lipinski definition) is 8. The third-order valence-electron chi connectivity index (χ3n) is 6.35. The van der Waals surface area contributed by atoms with Crippen molar-refractivity contribution in [2.75, 3.05) is 26.4 Å². The normalized spacial score (nSPS) is 25.9. The Hall–Kier alpha value is -2.22. The Kier molecular flexibility index (Phi) is 9.13. The molecular weight excluding hydrogens is 588 g/mol. The van der Waals surface area contributed by atoms with Crippen molar-refractivity contribution in [3.8, 4) is 0 Å². The first-order valence-electron chi connectivity index (χ1n) is 11.2. The number of nitrogens with one attached hydrogen (secondary N) is 1. The Morgan fingerprint density at radius 1 is 1.20 bits per heavy atom. The van der Waals surface area contributed by atoms with E-state index in [9.17, 15) is 19.5 Å². The van der Waals surface area contributed by atoms with E-state index in [2.05, 4.69) is 42.2 Å². The topological polar surface area (TPSA) is 152 Å². The monoisotopic (exact) mass is 616 g/mol. The molecule has 35 heavy (non-hydrogen) atoms. The second-order valence-electron chi connectivity index (χ2n) is 8.83. The van der Waals surface area contributed by atoms with E-state index >= 15 is 0 Å². The number of nitrogens with two attached hydrogens (primary N) is 1. The molecule has 2 atom stereocenters. The molecule has 2 aliphatic heterocycles. The maximum absolute atomic E-state index is 11.9. The van der Waals surface area contributed by atoms with Gasteiger partial charge in [-0.05, 0) is 59.3 Å². The van der Waals surface area contributed by atoms with Crippen LogP contribution in [0, 0.1) is 0 Å². The number of likely N-dealkylation sites (N-methyl/N-ethyl adjacent to an activating group) is 2. The Morgan fingerprint density at radius 2 is 1.86 bits per heavy atom. The second-order valence-corrected chi connectivity index (χ2v) is 10.6. The van der Waals surface area contributed by atoms with Crippen molar-refractivity contribution >= 4 is 61.8 Å². The molecule has 11 nitrogen and oxygen atoms in total. The van der Waals surface area contributed by atoms with E-state index in [0.717, 1.165) is 57.3 Å². The number of nitrogens with zero attached hydrogens (tertiary/aromatic N) is 4. The van der Waals surface area contributed by atoms with Crippen LogP contribution in [0.2, 0.25) is 0 Å². The van der Waals surface area contributed by atoms with Gasteiger partial charge in [-0.2, -0.15) is 0 Å². The molecule has 0 spiro atoms. The van der Waals surface area contributed by atoms with Gasteiger partial charge in [-0.3, -0.25) is 14.5 Å². The molecule has 1 saturated heterocycles. The van der Waals surface area contributed by atoms with Crippen molar-refractivity contribution in [1.29, 1.82) is 0 Å². The van der Waals surface area contributed by atoms with Crippen molar-refractivity contribution in [3.63, 3.8) is 0 Å². The summed E-state index contributed by atoms with van der Waals surface area (Å²) in [4.78, 5) is 41.8. The Labute approximate surface area is 220 Å². The first-order valence-corrected chi connectivity index (χ1v) is 12.8. The number of aliphatic imine (C=N–C) groups is 1. The highest BCUT2D eigenvalue weighted by molar-refractivity contribution is 9.11. The van der Waals surface area contributed by atoms with Crippen LogP contribution >= 0.6 is 31.9 Å². The van der Waals surface area contributed by atoms with Gasteiger partial charge in [0, 0.05) is 35.6 Å². The van der Waals surface area contributed by atoms with E-state index in [1.807, 2.05) is 12.1 Å². The van der Waals surface area contributed by atoms with E-state index in [1.54, 1.807) is 0 Å². The lowest BCUT2D eigenvalue weighted by Crippen LogP contribution is -2.63. The Balaban J connectivity index is 0.000000196. The average Bonchev–Trinajstić information content (AvgIpc) is 3.22. The van der Waals surface area contributed by atoms with Crippen LogP contribution in [-0.4, -0.2) is 94.2 Å². The van der Waals surface area contributed by atoms with Crippen LogP contribution in [0.4, 0.5) is 10.5 Å². The number of urea groups is 1. The zero-order valence-electron chi connectivity index (χ0n) is 19.5. The number of fused-ring (bicyclic) bond motifs is 1. The van der Waals surface area contributed by atoms with Gasteiger partial charge in [-0.15, -0.1) is 0 Å². The van der Waals surface area contributed by atoms with Gasteiger partial charge in [-0.25, -0.2) is 9.79 Å². The summed E-state index contributed by atoms with van der Waals surface area (Å²) in [5.41, 5.74) is 7.93. The smallest absolute Gasteiger partial charge is 0.328 e. The highest BCUT2D eigenvalue weighted by atomic mass is 79.9. The molecule has 1 aromatic carbocycles. The number of hydrogen-bond donors (Lipinski definition) is 4. The van der Waals surface area contributed by atoms with Crippen LogP contribution in [-0.2, 0) is 16.1 Å². The number of halogens is 2. The van der Waals surface area contributed by atoms with Crippen LogP contribution in [0.15, 0.2) is 26.1 Å². The SMILES string of the molecule is CN1C(=O)C2C(N=CN2CC(=O)O)N(C)C1=O.Nc1c(Br)cc(Br)cc1CNC1CCC(O)CC1. The minimum atomic E-state index is -1.05. The van der Waals surface area contributed by atoms with Gasteiger partial charge < -0.3 is 31.1 Å². The fraction of sp³-hybridized carbons (Fsp3) is 0.545. The molecule has 2 fully saturated rings. The number of anilines is 1. The summed E-state index contributed by atoms with van der Waals surface area (Å²) in [6, 6.07) is 3.32. The molecule has 2 unspecified atom stereocenters. The maximum atomic E-state index is 11.9. The summed E-state index contributed by atoms with van der Waals surface area (Å²) in [5.74, 6) is -1.48. The van der Waals surface area contributed by atoms with Crippen molar-refractivity contribution in [1.82, 2.24) is 20.0 Å². The summed E-state index contributed by atoms with van der Waals surface area (Å²) in [5, 5.41) is 21.7. The van der Waals surface area contributed by atoms with Gasteiger partial charge in [0.05, 0.1) is 18.1 Å². The van der Waals surface area contributed by atoms with E-state index < -0.39 is 30.1 Å². The molecular formula is C22H30Br2N6O5. The molecule has 2 heterocycles. The zero-order valence-corrected chi connectivity index (χ0v) is 22.7. The van der Waals surface area contributed by atoms with Crippen molar-refractivity contribution in [3.05, 3.63) is 26.6 Å². The van der Waals surface area contributed by atoms with Crippen LogP contribution in [0.5, 0.6) is 0 Å². The number of aliphatic hydroxyl groups is 1. The molecule has 1 saturated carbocycles. The summed E-state index contributed by atoms with van der Waals surface area (Å²) in [7, 11) is 2.90. The minimum Gasteiger partial charge on any atom is -0.480 e. The lowest BCUT2D eigenvalue weighted by atomic mass is 9.93. The van der Waals surface area contributed by atoms with Crippen LogP contribution < -0.4 is 11.1 Å². The summed E-state index contributed by atoms with van der Waals surface area (Å²) in [6.45, 7) is 0.455. The largest absolute Gasteiger partial charge is 0.480 e. The van der Waals surface area contributed by atoms with Gasteiger partial charge in [0.1, 0.15) is 6.54 Å². The van der Waals surface area contributed by atoms with E-state index in [4.69, 9.17) is 10.8 Å². The molecule has 13 heteroatoms. The van der Waals surface area contributed by atoms with Gasteiger partial charge in [-0.1, -0.05) is 15.9 Å². The third-order valence-corrected chi connectivity index (χ3v) is 7.47. The van der Waals surface area contributed by atoms with Crippen molar-refractivity contribution in [2.24, 2.45) is 4.99 Å². The number of aliphatic hydroxyl groups excluding tert-OH is 1. The number of carbonyl (C=O) groups is 3. The number of benzene rings is 1. The van der Waals surface area contributed by atoms with Crippen LogP contribution in [0.3, 0.4) is 0 Å². The molecule has 3 aliphatic rings. The highest BCUT2D eigenvalue weighted by Gasteiger charge is 2.48. The number of rotatable bonds is 5. The Morgan fingerprint density at radius 3 is 2.49 bits per heavy atom. The molecule has 0 aromatic heterocycles. The fourth-order valence-electron chi connectivity index (χ4n) is 4.32. The van der Waals surface area contributed by atoms with Crippen LogP contribution in [0.1, 0.15) is 31.2 Å². The molecule has 192 valence electrons. The van der Waals surface area contributed by atoms with E-state index in [1.165, 1.54) is 30.2 Å². The third kappa shape index (κ3) is 6.51. The molecule has 1 aliphatic carbocycles. The quantitative estimate of drug-likeness (QED) is 0.365. The second kappa shape index (κ2) is 11.7. The summed E-state index contributed by atoms with van der Waals surface area (Å²) in [6.07, 6.45) is 4.44. The standard InChI is InChI=1S/C13H18Br2N2O.C9H12N4O4/c14-9-5-8(13(16)12(15)6-9)7-17-10-1-3-11(18)4-2-10;1-11-7-6(8(16)12(2)9(11)17)13(4-10-7)3-5(14)15/h5-6,10-11,17-18H,1-4,7,16H2;4,6-7H,3H2,1-2H3,(H,14,15). The number of carboxylic acids is 1. The van der Waals surface area contributed by atoms with E-state index in [0.29, 0.717) is 6.04 Å². The predicted molar refractivity (Wildman–Crippen MR) is 138 cm³/mol. The summed E-state index contributed by atoms with van der Waals surface area (Å²) < 4.78 is 1.95. The Bertz CT molecular complexity index is 1000. The van der Waals surface area contributed by atoms with Crippen LogP contribution in [0.25, 0.3) is 0 Å². The molecule has 5 N–H and O–H groups in total. The van der Waals surface area contributed by atoms with Gasteiger partial charge in [0.2, 0.25) is 0 Å². The van der Waals surface area contributed by atoms with Gasteiger partial charge in [0.15, 0.2) is 12.2 Å². The number of amides is 3. The lowest BCUT2D eigenvalue weighted by molar-refractivity contribution is -0.140. The molecule has 1 aromatic rings. The predicted octanol–water partition coefficient (Wildman–Crippen LogP) is 1.82. The summed E-state index contributed by atoms with van der Waals surface area (Å²) >= 11 is 6.93. The lowest BCUT2D eigenvalue weighted by Gasteiger charge is -2.39. The first kappa shape index (κ1) is 27.4.